The maximum Gasteiger partial charge on any atom is -1.00 e. The number of benzene rings is 4. The van der Waals surface area contributed by atoms with E-state index in [2.05, 4.69) is 166 Å². The Morgan fingerprint density at radius 3 is 1.42 bits per heavy atom. The summed E-state index contributed by atoms with van der Waals surface area (Å²) in [6.45, 7) is 23.6. The quantitative estimate of drug-likeness (QED) is 0.157. The van der Waals surface area contributed by atoms with Crippen LogP contribution in [0, 0.1) is 10.8 Å². The Balaban J connectivity index is 0.00000281. The summed E-state index contributed by atoms with van der Waals surface area (Å²) in [5.41, 5.74) is 17.7. The van der Waals surface area contributed by atoms with Crippen LogP contribution in [0.15, 0.2) is 96.1 Å². The minimum atomic E-state index is 0. The number of fused-ring (bicyclic) bond motifs is 2. The first-order valence-electron chi connectivity index (χ1n) is 18.3. The van der Waals surface area contributed by atoms with Crippen LogP contribution in [0.1, 0.15) is 139 Å². The Labute approximate surface area is 331 Å². The van der Waals surface area contributed by atoms with E-state index in [1.165, 1.54) is 87.3 Å². The fourth-order valence-electron chi connectivity index (χ4n) is 8.18. The molecule has 0 bridgehead atoms. The van der Waals surface area contributed by atoms with Gasteiger partial charge >= 0.3 is 295 Å². The van der Waals surface area contributed by atoms with Gasteiger partial charge in [0, 0.05) is 0 Å². The van der Waals surface area contributed by atoms with Crippen molar-refractivity contribution in [3.8, 4) is 22.3 Å². The number of rotatable bonds is 8. The summed E-state index contributed by atoms with van der Waals surface area (Å²) >= 11 is 1.17. The van der Waals surface area contributed by atoms with E-state index < -0.39 is 0 Å². The monoisotopic (exact) mass is 869 g/mol. The van der Waals surface area contributed by atoms with E-state index in [0.29, 0.717) is 27.3 Å². The zero-order valence-electron chi connectivity index (χ0n) is 31.8. The summed E-state index contributed by atoms with van der Waals surface area (Å²) < 4.78 is 0.673. The Kier molecular flexibility index (Phi) is 12.8. The molecular weight excluding hydrogens is 814 g/mol. The van der Waals surface area contributed by atoms with Crippen LogP contribution in [-0.2, 0) is 24.4 Å². The molecule has 6 rings (SSSR count). The van der Waals surface area contributed by atoms with Crippen molar-refractivity contribution in [1.29, 1.82) is 0 Å². The maximum absolute atomic E-state index is 2.58. The summed E-state index contributed by atoms with van der Waals surface area (Å²) in [4.78, 5) is 0. The third-order valence-electron chi connectivity index (χ3n) is 11.0. The van der Waals surface area contributed by atoms with E-state index in [0.717, 1.165) is 0 Å². The first kappa shape index (κ1) is 40.6. The Morgan fingerprint density at radius 2 is 0.980 bits per heavy atom. The topological polar surface area (TPSA) is 0 Å². The number of hydrogen-bond acceptors (Lipinski definition) is 0. The molecule has 4 aromatic carbocycles. The fraction of sp³-hybridized carbons (Fsp3) is 0.404. The first-order valence-corrected chi connectivity index (χ1v) is 20.3. The van der Waals surface area contributed by atoms with E-state index in [-0.39, 0.29) is 35.6 Å². The zero-order valence-corrected chi connectivity index (χ0v) is 36.9. The summed E-state index contributed by atoms with van der Waals surface area (Å²) in [6.07, 6.45) is 7.61. The van der Waals surface area contributed by atoms with Gasteiger partial charge in [0.1, 0.15) is 0 Å². The molecule has 3 unspecified atom stereocenters. The van der Waals surface area contributed by atoms with E-state index in [1.54, 1.807) is 16.7 Å². The Morgan fingerprint density at radius 1 is 0.560 bits per heavy atom. The molecule has 0 heterocycles. The largest absolute Gasteiger partial charge is 1.00 e. The molecule has 2 aliphatic carbocycles. The van der Waals surface area contributed by atoms with Crippen LogP contribution in [0.4, 0.5) is 0 Å². The molecule has 0 amide bonds. The molecule has 3 atom stereocenters. The van der Waals surface area contributed by atoms with Crippen molar-refractivity contribution in [3.63, 3.8) is 0 Å². The SMILES string of the molecule is CC(C)c1ccc(-c2cccc3c2C=C(C(C)(C)C)C3CC[CH]([Hf+2])C2C(C(C)(C)C)=Cc3c(-c4ccc(C(C)C)cc4)cccc32)cc1.[Cl-].[Cl-]. The van der Waals surface area contributed by atoms with Crippen molar-refractivity contribution in [2.45, 2.75) is 109 Å². The van der Waals surface area contributed by atoms with Crippen LogP contribution < -0.4 is 24.8 Å². The molecule has 0 spiro atoms. The molecule has 0 aliphatic heterocycles. The molecule has 0 aromatic heterocycles. The molecule has 3 heteroatoms. The van der Waals surface area contributed by atoms with Crippen LogP contribution >= 0.6 is 0 Å². The summed E-state index contributed by atoms with van der Waals surface area (Å²) in [5.74, 6) is 2.06. The summed E-state index contributed by atoms with van der Waals surface area (Å²) in [7, 11) is 0. The van der Waals surface area contributed by atoms with Crippen LogP contribution in [0.3, 0.4) is 0 Å². The molecular formula is C47H55Cl2Hf. The van der Waals surface area contributed by atoms with Gasteiger partial charge in [-0.05, 0) is 0 Å². The second kappa shape index (κ2) is 15.8. The van der Waals surface area contributed by atoms with Crippen molar-refractivity contribution >= 4 is 12.2 Å². The van der Waals surface area contributed by atoms with Crippen molar-refractivity contribution in [1.82, 2.24) is 0 Å². The summed E-state index contributed by atoms with van der Waals surface area (Å²) in [5, 5.41) is 0. The van der Waals surface area contributed by atoms with E-state index >= 15 is 0 Å². The second-order valence-corrected chi connectivity index (χ2v) is 19.7. The molecule has 0 saturated heterocycles. The van der Waals surface area contributed by atoms with Gasteiger partial charge in [0.25, 0.3) is 0 Å². The van der Waals surface area contributed by atoms with E-state index in [9.17, 15) is 0 Å². The standard InChI is InChI=1S/C47H55.2ClH.Hf/c1-30(2)32-20-24-34(25-21-32)36-14-11-16-38-40(44(28-42(36)38)46(5,6)7)18-13-19-41-39-17-12-15-37(43(39)29-45(41)47(8,9)10)35-26-22-33(23-27-35)31(3)4;;;/h11-12,14-18,20-31,40-41H,13,19H2,1-10H3;2*1H;/q;;;+2/p-2. The summed E-state index contributed by atoms with van der Waals surface area (Å²) in [6, 6.07) is 32.8. The molecule has 2 aliphatic rings. The van der Waals surface area contributed by atoms with Crippen LogP contribution in [0.2, 0.25) is 3.67 Å². The predicted octanol–water partition coefficient (Wildman–Crippen LogP) is 8.14. The van der Waals surface area contributed by atoms with Gasteiger partial charge in [-0.25, -0.2) is 0 Å². The number of halogens is 2. The van der Waals surface area contributed by atoms with Gasteiger partial charge in [0.15, 0.2) is 0 Å². The van der Waals surface area contributed by atoms with Crippen LogP contribution in [-0.4, -0.2) is 0 Å². The number of hydrogen-bond donors (Lipinski definition) is 0. The molecule has 261 valence electrons. The third-order valence-corrected chi connectivity index (χ3v) is 13.2. The van der Waals surface area contributed by atoms with Gasteiger partial charge in [-0.3, -0.25) is 0 Å². The smallest absolute Gasteiger partial charge is 1.00 e. The van der Waals surface area contributed by atoms with Crippen LogP contribution in [0.5, 0.6) is 0 Å². The minimum Gasteiger partial charge on any atom is -1.00 e. The molecule has 4 aromatic rings. The molecule has 0 N–H and O–H groups in total. The molecule has 0 saturated carbocycles. The molecule has 0 fully saturated rings. The average molecular weight is 869 g/mol. The van der Waals surface area contributed by atoms with Gasteiger partial charge in [0.05, 0.1) is 0 Å². The fourth-order valence-corrected chi connectivity index (χ4v) is 10.1. The molecule has 50 heavy (non-hydrogen) atoms. The minimum absolute atomic E-state index is 0. The molecule has 0 radical (unpaired) electrons. The van der Waals surface area contributed by atoms with Gasteiger partial charge < -0.3 is 24.8 Å². The van der Waals surface area contributed by atoms with Crippen molar-refractivity contribution in [2.24, 2.45) is 10.8 Å². The molecule has 0 nitrogen and oxygen atoms in total. The van der Waals surface area contributed by atoms with E-state index in [1.807, 2.05) is 0 Å². The van der Waals surface area contributed by atoms with Crippen molar-refractivity contribution in [2.75, 3.05) is 0 Å². The van der Waals surface area contributed by atoms with Crippen molar-refractivity contribution < 1.29 is 49.2 Å². The first-order chi connectivity index (χ1) is 22.6. The Bertz CT molecular complexity index is 1840. The average Bonchev–Trinajstić information content (AvgIpc) is 3.63. The zero-order chi connectivity index (χ0) is 34.5. The van der Waals surface area contributed by atoms with Gasteiger partial charge in [-0.2, -0.15) is 0 Å². The van der Waals surface area contributed by atoms with Crippen LogP contribution in [0.25, 0.3) is 34.4 Å². The normalized spacial score (nSPS) is 17.5. The second-order valence-electron chi connectivity index (χ2n) is 17.1. The van der Waals surface area contributed by atoms with Gasteiger partial charge in [-0.15, -0.1) is 0 Å². The number of allylic oxidation sites excluding steroid dienone is 2. The van der Waals surface area contributed by atoms with Gasteiger partial charge in [-0.1, -0.05) is 13.8 Å². The maximum atomic E-state index is 2.58. The van der Waals surface area contributed by atoms with E-state index in [4.69, 9.17) is 0 Å². The predicted molar refractivity (Wildman–Crippen MR) is 205 cm³/mol. The van der Waals surface area contributed by atoms with Gasteiger partial charge in [0.2, 0.25) is 0 Å². The third kappa shape index (κ3) is 8.06. The Hall–Kier alpha value is -2.19. The van der Waals surface area contributed by atoms with Crippen molar-refractivity contribution in [3.05, 3.63) is 129 Å².